The minimum Gasteiger partial charge on any atom is -0.395 e. The topological polar surface area (TPSA) is 69.6 Å². The molecule has 0 saturated carbocycles. The summed E-state index contributed by atoms with van der Waals surface area (Å²) in [5.41, 5.74) is 0.602. The van der Waals surface area contributed by atoms with E-state index in [0.717, 1.165) is 0 Å². The van der Waals surface area contributed by atoms with E-state index < -0.39 is 5.41 Å². The first-order valence-electron chi connectivity index (χ1n) is 7.11. The number of likely N-dealkylation sites (N-methyl/N-ethyl adjacent to an activating group) is 1. The number of nitrogens with zero attached hydrogens (tertiary/aromatic N) is 1. The van der Waals surface area contributed by atoms with Gasteiger partial charge in [-0.3, -0.25) is 9.59 Å². The monoisotopic (exact) mass is 292 g/mol. The zero-order valence-corrected chi connectivity index (χ0v) is 13.1. The first-order valence-corrected chi connectivity index (χ1v) is 7.11. The highest BCUT2D eigenvalue weighted by Crippen LogP contribution is 2.18. The number of nitrogens with one attached hydrogen (secondary N) is 1. The molecule has 0 aliphatic carbocycles. The molecule has 116 valence electrons. The van der Waals surface area contributed by atoms with Crippen LogP contribution >= 0.6 is 0 Å². The van der Waals surface area contributed by atoms with E-state index in [9.17, 15) is 9.59 Å². The van der Waals surface area contributed by atoms with Crippen LogP contribution in [0.3, 0.4) is 0 Å². The lowest BCUT2D eigenvalue weighted by Crippen LogP contribution is -2.33. The molecule has 0 spiro atoms. The molecule has 0 bridgehead atoms. The van der Waals surface area contributed by atoms with Crippen LogP contribution in [0.5, 0.6) is 0 Å². The number of aliphatic hydroxyl groups excluding tert-OH is 1. The maximum atomic E-state index is 12.3. The molecule has 0 aliphatic heterocycles. The molecule has 2 amide bonds. The molecule has 5 heteroatoms. The van der Waals surface area contributed by atoms with Gasteiger partial charge in [0.15, 0.2) is 0 Å². The maximum Gasteiger partial charge on any atom is 0.253 e. The van der Waals surface area contributed by atoms with Crippen molar-refractivity contribution < 1.29 is 14.7 Å². The highest BCUT2D eigenvalue weighted by molar-refractivity contribution is 5.98. The fourth-order valence-electron chi connectivity index (χ4n) is 1.76. The zero-order chi connectivity index (χ0) is 16.0. The van der Waals surface area contributed by atoms with Crippen molar-refractivity contribution in [2.75, 3.05) is 25.0 Å². The van der Waals surface area contributed by atoms with E-state index in [1.165, 1.54) is 0 Å². The average molecular weight is 292 g/mol. The number of hydrogen-bond acceptors (Lipinski definition) is 3. The van der Waals surface area contributed by atoms with Gasteiger partial charge in [0.2, 0.25) is 5.91 Å². The van der Waals surface area contributed by atoms with Crippen molar-refractivity contribution in [2.24, 2.45) is 5.41 Å². The standard InChI is InChI=1S/C16H24N2O3/c1-5-18(9-10-19)14(20)12-7-6-8-13(11-12)17-15(21)16(2,3)4/h6-8,11,19H,5,9-10H2,1-4H3,(H,17,21). The van der Waals surface area contributed by atoms with Crippen molar-refractivity contribution in [1.82, 2.24) is 4.90 Å². The molecule has 5 nitrogen and oxygen atoms in total. The molecule has 2 N–H and O–H groups in total. The van der Waals surface area contributed by atoms with Gasteiger partial charge in [-0.05, 0) is 25.1 Å². The third-order valence-corrected chi connectivity index (χ3v) is 3.09. The lowest BCUT2D eigenvalue weighted by molar-refractivity contribution is -0.123. The molecule has 1 rings (SSSR count). The second kappa shape index (κ2) is 7.22. The number of rotatable bonds is 5. The summed E-state index contributed by atoms with van der Waals surface area (Å²) in [5, 5.41) is 11.8. The summed E-state index contributed by atoms with van der Waals surface area (Å²) in [5.74, 6) is -0.256. The van der Waals surface area contributed by atoms with Crippen LogP contribution in [0.2, 0.25) is 0 Å². The van der Waals surface area contributed by atoms with Crippen molar-refractivity contribution in [3.05, 3.63) is 29.8 Å². The lowest BCUT2D eigenvalue weighted by Gasteiger charge is -2.21. The molecule has 21 heavy (non-hydrogen) atoms. The molecular formula is C16H24N2O3. The van der Waals surface area contributed by atoms with Crippen molar-refractivity contribution in [3.63, 3.8) is 0 Å². The minimum absolute atomic E-state index is 0.0694. The zero-order valence-electron chi connectivity index (χ0n) is 13.1. The Bertz CT molecular complexity index is 506. The molecule has 0 aliphatic rings. The van der Waals surface area contributed by atoms with E-state index >= 15 is 0 Å². The Hall–Kier alpha value is -1.88. The smallest absolute Gasteiger partial charge is 0.253 e. The molecule has 0 saturated heterocycles. The maximum absolute atomic E-state index is 12.3. The Morgan fingerprint density at radius 2 is 1.95 bits per heavy atom. The van der Waals surface area contributed by atoms with Gasteiger partial charge in [0, 0.05) is 29.8 Å². The van der Waals surface area contributed by atoms with E-state index in [2.05, 4.69) is 5.32 Å². The number of aliphatic hydroxyl groups is 1. The van der Waals surface area contributed by atoms with Crippen LogP contribution in [0.25, 0.3) is 0 Å². The second-order valence-electron chi connectivity index (χ2n) is 5.89. The fraction of sp³-hybridized carbons (Fsp3) is 0.500. The Morgan fingerprint density at radius 3 is 2.48 bits per heavy atom. The Morgan fingerprint density at radius 1 is 1.29 bits per heavy atom. The second-order valence-corrected chi connectivity index (χ2v) is 5.89. The highest BCUT2D eigenvalue weighted by Gasteiger charge is 2.21. The quantitative estimate of drug-likeness (QED) is 0.873. The summed E-state index contributed by atoms with van der Waals surface area (Å²) in [7, 11) is 0. The van der Waals surface area contributed by atoms with Crippen LogP contribution in [0.4, 0.5) is 5.69 Å². The largest absolute Gasteiger partial charge is 0.395 e. The first-order chi connectivity index (χ1) is 9.79. The number of carbonyl (C=O) groups is 2. The van der Waals surface area contributed by atoms with E-state index in [0.29, 0.717) is 24.3 Å². The van der Waals surface area contributed by atoms with Gasteiger partial charge in [-0.15, -0.1) is 0 Å². The summed E-state index contributed by atoms with van der Waals surface area (Å²) in [6.07, 6.45) is 0. The number of benzene rings is 1. The molecule has 1 aromatic carbocycles. The summed E-state index contributed by atoms with van der Waals surface area (Å²) >= 11 is 0. The van der Waals surface area contributed by atoms with Crippen molar-refractivity contribution in [2.45, 2.75) is 27.7 Å². The highest BCUT2D eigenvalue weighted by atomic mass is 16.3. The van der Waals surface area contributed by atoms with Gasteiger partial charge in [-0.2, -0.15) is 0 Å². The Balaban J connectivity index is 2.90. The first kappa shape index (κ1) is 17.2. The lowest BCUT2D eigenvalue weighted by atomic mass is 9.95. The molecule has 0 radical (unpaired) electrons. The van der Waals surface area contributed by atoms with E-state index in [1.54, 1.807) is 29.2 Å². The van der Waals surface area contributed by atoms with Gasteiger partial charge in [0.1, 0.15) is 0 Å². The van der Waals surface area contributed by atoms with Gasteiger partial charge in [0.25, 0.3) is 5.91 Å². The van der Waals surface area contributed by atoms with Crippen molar-refractivity contribution in [3.8, 4) is 0 Å². The Kier molecular flexibility index (Phi) is 5.90. The van der Waals surface area contributed by atoms with Gasteiger partial charge in [-0.25, -0.2) is 0 Å². The van der Waals surface area contributed by atoms with Crippen molar-refractivity contribution >= 4 is 17.5 Å². The fourth-order valence-corrected chi connectivity index (χ4v) is 1.76. The normalized spacial score (nSPS) is 11.1. The van der Waals surface area contributed by atoms with Crippen LogP contribution in [0, 0.1) is 5.41 Å². The van der Waals surface area contributed by atoms with Gasteiger partial charge >= 0.3 is 0 Å². The number of hydrogen-bond donors (Lipinski definition) is 2. The summed E-state index contributed by atoms with van der Waals surface area (Å²) in [6.45, 7) is 8.11. The van der Waals surface area contributed by atoms with Gasteiger partial charge in [-0.1, -0.05) is 26.8 Å². The molecule has 0 heterocycles. The van der Waals surface area contributed by atoms with Crippen LogP contribution in [-0.4, -0.2) is 41.5 Å². The minimum atomic E-state index is -0.494. The molecule has 0 unspecified atom stereocenters. The van der Waals surface area contributed by atoms with Crippen LogP contribution < -0.4 is 5.32 Å². The van der Waals surface area contributed by atoms with Crippen LogP contribution in [0.15, 0.2) is 24.3 Å². The predicted octanol–water partition coefficient (Wildman–Crippen LogP) is 2.13. The molecular weight excluding hydrogens is 268 g/mol. The number of anilines is 1. The Labute approximate surface area is 126 Å². The van der Waals surface area contributed by atoms with Crippen LogP contribution in [-0.2, 0) is 4.79 Å². The molecule has 0 fully saturated rings. The number of carbonyl (C=O) groups excluding carboxylic acids is 2. The number of amides is 2. The van der Waals surface area contributed by atoms with Gasteiger partial charge < -0.3 is 15.3 Å². The third-order valence-electron chi connectivity index (χ3n) is 3.09. The van der Waals surface area contributed by atoms with Gasteiger partial charge in [0.05, 0.1) is 6.61 Å². The predicted molar refractivity (Wildman–Crippen MR) is 83.2 cm³/mol. The molecule has 1 aromatic rings. The summed E-state index contributed by atoms with van der Waals surface area (Å²) in [6, 6.07) is 6.85. The summed E-state index contributed by atoms with van der Waals surface area (Å²) in [4.78, 5) is 25.8. The van der Waals surface area contributed by atoms with Crippen LogP contribution in [0.1, 0.15) is 38.1 Å². The van der Waals surface area contributed by atoms with E-state index in [4.69, 9.17) is 5.11 Å². The molecule has 0 atom stereocenters. The molecule has 0 aromatic heterocycles. The average Bonchev–Trinajstić information content (AvgIpc) is 2.43. The third kappa shape index (κ3) is 4.86. The van der Waals surface area contributed by atoms with E-state index in [-0.39, 0.29) is 18.4 Å². The SMILES string of the molecule is CCN(CCO)C(=O)c1cccc(NC(=O)C(C)(C)C)c1. The summed E-state index contributed by atoms with van der Waals surface area (Å²) < 4.78 is 0. The van der Waals surface area contributed by atoms with Crippen molar-refractivity contribution in [1.29, 1.82) is 0 Å². The van der Waals surface area contributed by atoms with E-state index in [1.807, 2.05) is 27.7 Å².